The molecule has 2 heterocycles. The minimum absolute atomic E-state index is 1.04. The van der Waals surface area contributed by atoms with E-state index in [9.17, 15) is 0 Å². The second-order valence-corrected chi connectivity index (χ2v) is 6.55. The van der Waals surface area contributed by atoms with E-state index in [0.29, 0.717) is 0 Å². The lowest BCUT2D eigenvalue weighted by Crippen LogP contribution is -2.43. The van der Waals surface area contributed by atoms with Gasteiger partial charge in [-0.15, -0.1) is 0 Å². The maximum absolute atomic E-state index is 5.02. The monoisotopic (exact) mass is 317 g/mol. The molecular weight excluding hydrogens is 294 g/mol. The van der Waals surface area contributed by atoms with E-state index in [2.05, 4.69) is 72.6 Å². The Hall–Kier alpha value is -2.39. The molecule has 1 fully saturated rings. The fraction of sp³-hybridized carbons (Fsp3) is 0.286. The van der Waals surface area contributed by atoms with Gasteiger partial charge in [0.25, 0.3) is 0 Å². The quantitative estimate of drug-likeness (QED) is 0.776. The van der Waals surface area contributed by atoms with Crippen molar-refractivity contribution in [1.82, 2.24) is 10.3 Å². The third-order valence-electron chi connectivity index (χ3n) is 4.88. The predicted octanol–water partition coefficient (Wildman–Crippen LogP) is 3.93. The van der Waals surface area contributed by atoms with Crippen molar-refractivity contribution in [3.63, 3.8) is 0 Å². The van der Waals surface area contributed by atoms with Crippen LogP contribution >= 0.6 is 0 Å². The molecule has 24 heavy (non-hydrogen) atoms. The molecule has 0 aliphatic carbocycles. The molecule has 0 radical (unpaired) electrons. The third-order valence-corrected chi connectivity index (χ3v) is 4.88. The Balaban J connectivity index is 1.98. The normalized spacial score (nSPS) is 15.0. The van der Waals surface area contributed by atoms with Crippen LogP contribution in [0.1, 0.15) is 11.1 Å². The average Bonchev–Trinajstić information content (AvgIpc) is 2.65. The predicted molar refractivity (Wildman–Crippen MR) is 102 cm³/mol. The molecule has 1 aliphatic heterocycles. The summed E-state index contributed by atoms with van der Waals surface area (Å²) in [6.07, 6.45) is 0. The number of piperazine rings is 1. The SMILES string of the molecule is Cc1ccc(C)c2c(N3CCNCC3)cc(-c3ccccc3)nc12. The van der Waals surface area contributed by atoms with E-state index in [1.54, 1.807) is 0 Å². The summed E-state index contributed by atoms with van der Waals surface area (Å²) in [4.78, 5) is 7.52. The molecule has 122 valence electrons. The number of aromatic nitrogens is 1. The summed E-state index contributed by atoms with van der Waals surface area (Å²) >= 11 is 0. The number of nitrogens with zero attached hydrogens (tertiary/aromatic N) is 2. The van der Waals surface area contributed by atoms with Crippen LogP contribution in [-0.4, -0.2) is 31.2 Å². The Bertz CT molecular complexity index is 865. The summed E-state index contributed by atoms with van der Waals surface area (Å²) in [5, 5.41) is 4.75. The molecule has 3 aromatic rings. The number of pyridine rings is 1. The average molecular weight is 317 g/mol. The molecule has 1 N–H and O–H groups in total. The van der Waals surface area contributed by atoms with Gasteiger partial charge in [0.05, 0.1) is 11.2 Å². The fourth-order valence-electron chi connectivity index (χ4n) is 3.53. The lowest BCUT2D eigenvalue weighted by Gasteiger charge is -2.31. The third kappa shape index (κ3) is 2.65. The second kappa shape index (κ2) is 6.25. The summed E-state index contributed by atoms with van der Waals surface area (Å²) < 4.78 is 0. The van der Waals surface area contributed by atoms with Gasteiger partial charge in [-0.2, -0.15) is 0 Å². The number of hydrogen-bond acceptors (Lipinski definition) is 3. The lowest BCUT2D eigenvalue weighted by molar-refractivity contribution is 0.590. The van der Waals surface area contributed by atoms with E-state index < -0.39 is 0 Å². The zero-order chi connectivity index (χ0) is 16.5. The van der Waals surface area contributed by atoms with Crippen LogP contribution in [0.25, 0.3) is 22.2 Å². The molecule has 1 aliphatic rings. The van der Waals surface area contributed by atoms with Gasteiger partial charge < -0.3 is 10.2 Å². The Morgan fingerprint density at radius 1 is 0.917 bits per heavy atom. The minimum Gasteiger partial charge on any atom is -0.368 e. The number of hydrogen-bond donors (Lipinski definition) is 1. The molecule has 1 aromatic heterocycles. The maximum Gasteiger partial charge on any atom is 0.0762 e. The Labute approximate surface area is 143 Å². The first-order valence-electron chi connectivity index (χ1n) is 8.66. The van der Waals surface area contributed by atoms with Crippen molar-refractivity contribution >= 4 is 16.6 Å². The Morgan fingerprint density at radius 2 is 1.62 bits per heavy atom. The molecule has 0 amide bonds. The van der Waals surface area contributed by atoms with E-state index in [1.807, 2.05) is 0 Å². The van der Waals surface area contributed by atoms with Gasteiger partial charge in [-0.05, 0) is 31.0 Å². The molecule has 0 saturated carbocycles. The van der Waals surface area contributed by atoms with Crippen molar-refractivity contribution in [1.29, 1.82) is 0 Å². The molecular formula is C21H23N3. The van der Waals surface area contributed by atoms with Gasteiger partial charge in [-0.25, -0.2) is 4.98 Å². The molecule has 3 nitrogen and oxygen atoms in total. The highest BCUT2D eigenvalue weighted by molar-refractivity contribution is 5.98. The van der Waals surface area contributed by atoms with Gasteiger partial charge in [0.15, 0.2) is 0 Å². The van der Waals surface area contributed by atoms with Crippen molar-refractivity contribution in [2.45, 2.75) is 13.8 Å². The van der Waals surface area contributed by atoms with Crippen LogP contribution in [-0.2, 0) is 0 Å². The molecule has 0 unspecified atom stereocenters. The highest BCUT2D eigenvalue weighted by atomic mass is 15.2. The van der Waals surface area contributed by atoms with Crippen molar-refractivity contribution < 1.29 is 0 Å². The summed E-state index contributed by atoms with van der Waals surface area (Å²) in [6, 6.07) is 17.2. The van der Waals surface area contributed by atoms with Gasteiger partial charge in [0.2, 0.25) is 0 Å². The van der Waals surface area contributed by atoms with Crippen molar-refractivity contribution in [3.8, 4) is 11.3 Å². The number of fused-ring (bicyclic) bond motifs is 1. The van der Waals surface area contributed by atoms with Gasteiger partial charge in [0.1, 0.15) is 0 Å². The van der Waals surface area contributed by atoms with Gasteiger partial charge >= 0.3 is 0 Å². The first-order chi connectivity index (χ1) is 11.7. The van der Waals surface area contributed by atoms with Crippen LogP contribution in [0.2, 0.25) is 0 Å². The maximum atomic E-state index is 5.02. The van der Waals surface area contributed by atoms with Gasteiger partial charge in [-0.1, -0.05) is 42.5 Å². The Kier molecular flexibility index (Phi) is 3.95. The summed E-state index contributed by atoms with van der Waals surface area (Å²) in [5.41, 5.74) is 7.23. The number of rotatable bonds is 2. The number of anilines is 1. The van der Waals surface area contributed by atoms with Crippen LogP contribution in [0, 0.1) is 13.8 Å². The number of aryl methyl sites for hydroxylation is 2. The molecule has 0 spiro atoms. The highest BCUT2D eigenvalue weighted by Crippen LogP contribution is 2.34. The zero-order valence-electron chi connectivity index (χ0n) is 14.3. The van der Waals surface area contributed by atoms with E-state index >= 15 is 0 Å². The topological polar surface area (TPSA) is 28.2 Å². The molecule has 4 rings (SSSR count). The van der Waals surface area contributed by atoms with Crippen LogP contribution in [0.5, 0.6) is 0 Å². The summed E-state index contributed by atoms with van der Waals surface area (Å²) in [6.45, 7) is 8.51. The van der Waals surface area contributed by atoms with Crippen molar-refractivity contribution in [2.24, 2.45) is 0 Å². The van der Waals surface area contributed by atoms with Crippen LogP contribution < -0.4 is 10.2 Å². The second-order valence-electron chi connectivity index (χ2n) is 6.55. The number of benzene rings is 2. The largest absolute Gasteiger partial charge is 0.368 e. The van der Waals surface area contributed by atoms with Crippen LogP contribution in [0.3, 0.4) is 0 Å². The first kappa shape index (κ1) is 15.2. The minimum atomic E-state index is 1.04. The van der Waals surface area contributed by atoms with E-state index in [4.69, 9.17) is 4.98 Å². The van der Waals surface area contributed by atoms with Gasteiger partial charge in [-0.3, -0.25) is 0 Å². The Morgan fingerprint density at radius 3 is 2.38 bits per heavy atom. The van der Waals surface area contributed by atoms with E-state index in [1.165, 1.54) is 27.8 Å². The summed E-state index contributed by atoms with van der Waals surface area (Å²) in [7, 11) is 0. The first-order valence-corrected chi connectivity index (χ1v) is 8.66. The zero-order valence-corrected chi connectivity index (χ0v) is 14.3. The highest BCUT2D eigenvalue weighted by Gasteiger charge is 2.18. The van der Waals surface area contributed by atoms with Gasteiger partial charge in [0, 0.05) is 42.8 Å². The lowest BCUT2D eigenvalue weighted by atomic mass is 10.0. The van der Waals surface area contributed by atoms with Crippen LogP contribution in [0.15, 0.2) is 48.5 Å². The van der Waals surface area contributed by atoms with E-state index in [0.717, 1.165) is 37.4 Å². The smallest absolute Gasteiger partial charge is 0.0762 e. The summed E-state index contributed by atoms with van der Waals surface area (Å²) in [5.74, 6) is 0. The molecule has 1 saturated heterocycles. The van der Waals surface area contributed by atoms with Crippen molar-refractivity contribution in [3.05, 3.63) is 59.7 Å². The standard InChI is InChI=1S/C21H23N3/c1-15-8-9-16(2)21-20(15)19(24-12-10-22-11-13-24)14-18(23-21)17-6-4-3-5-7-17/h3-9,14,22H,10-13H2,1-2H3. The molecule has 0 bridgehead atoms. The van der Waals surface area contributed by atoms with Crippen LogP contribution in [0.4, 0.5) is 5.69 Å². The number of nitrogens with one attached hydrogen (secondary N) is 1. The van der Waals surface area contributed by atoms with E-state index in [-0.39, 0.29) is 0 Å². The molecule has 2 aromatic carbocycles. The molecule has 3 heteroatoms. The fourth-order valence-corrected chi connectivity index (χ4v) is 3.53. The molecule has 0 atom stereocenters. The van der Waals surface area contributed by atoms with Crippen molar-refractivity contribution in [2.75, 3.05) is 31.1 Å².